The molecule has 2 nitrogen and oxygen atoms in total. The molecular formula is C13H27NO. The van der Waals surface area contributed by atoms with Gasteiger partial charge in [-0.05, 0) is 25.7 Å². The van der Waals surface area contributed by atoms with Crippen molar-refractivity contribution in [2.75, 3.05) is 7.11 Å². The average molecular weight is 213 g/mol. The summed E-state index contributed by atoms with van der Waals surface area (Å²) in [4.78, 5) is 0. The molecule has 2 heteroatoms. The molecule has 0 heterocycles. The molecule has 1 rings (SSSR count). The van der Waals surface area contributed by atoms with Gasteiger partial charge in [0.2, 0.25) is 0 Å². The molecule has 0 amide bonds. The van der Waals surface area contributed by atoms with Crippen LogP contribution in [0.4, 0.5) is 0 Å². The van der Waals surface area contributed by atoms with E-state index in [4.69, 9.17) is 10.5 Å². The summed E-state index contributed by atoms with van der Waals surface area (Å²) in [5, 5.41) is 0. The van der Waals surface area contributed by atoms with Gasteiger partial charge in [0.05, 0.1) is 5.60 Å². The smallest absolute Gasteiger partial charge is 0.0798 e. The molecule has 90 valence electrons. The van der Waals surface area contributed by atoms with Crippen LogP contribution in [0.1, 0.15) is 58.8 Å². The molecule has 0 aromatic rings. The van der Waals surface area contributed by atoms with Crippen molar-refractivity contribution < 1.29 is 4.74 Å². The summed E-state index contributed by atoms with van der Waals surface area (Å²) in [7, 11) is 1.78. The lowest BCUT2D eigenvalue weighted by Gasteiger charge is -2.36. The summed E-state index contributed by atoms with van der Waals surface area (Å²) in [6.45, 7) is 4.30. The van der Waals surface area contributed by atoms with Gasteiger partial charge in [0.25, 0.3) is 0 Å². The van der Waals surface area contributed by atoms with E-state index < -0.39 is 0 Å². The van der Waals surface area contributed by atoms with Crippen molar-refractivity contribution in [2.24, 2.45) is 11.7 Å². The number of ether oxygens (including phenoxy) is 1. The summed E-state index contributed by atoms with van der Waals surface area (Å²) in [6.07, 6.45) is 9.09. The van der Waals surface area contributed by atoms with Gasteiger partial charge in [-0.1, -0.05) is 39.0 Å². The maximum Gasteiger partial charge on any atom is 0.0798 e. The van der Waals surface area contributed by atoms with Gasteiger partial charge < -0.3 is 10.5 Å². The molecule has 1 aliphatic carbocycles. The van der Waals surface area contributed by atoms with Gasteiger partial charge in [0, 0.05) is 13.2 Å². The Bertz CT molecular complexity index is 171. The molecule has 1 saturated carbocycles. The van der Waals surface area contributed by atoms with Crippen molar-refractivity contribution >= 4 is 0 Å². The van der Waals surface area contributed by atoms with Crippen LogP contribution in [0.2, 0.25) is 0 Å². The maximum absolute atomic E-state index is 6.28. The highest BCUT2D eigenvalue weighted by Crippen LogP contribution is 2.30. The van der Waals surface area contributed by atoms with Crippen LogP contribution in [-0.2, 0) is 4.74 Å². The third-order valence-corrected chi connectivity index (χ3v) is 4.26. The highest BCUT2D eigenvalue weighted by molar-refractivity contribution is 4.87. The Morgan fingerprint density at radius 1 is 1.33 bits per heavy atom. The Kier molecular flexibility index (Phi) is 5.07. The lowest BCUT2D eigenvalue weighted by atomic mass is 9.80. The molecule has 0 bridgehead atoms. The maximum atomic E-state index is 6.28. The Balaban J connectivity index is 2.41. The molecular weight excluding hydrogens is 186 g/mol. The number of methoxy groups -OCH3 is 1. The first kappa shape index (κ1) is 13.0. The molecule has 0 aromatic heterocycles. The normalized spacial score (nSPS) is 24.8. The first-order chi connectivity index (χ1) is 7.12. The highest BCUT2D eigenvalue weighted by Gasteiger charge is 2.31. The lowest BCUT2D eigenvalue weighted by molar-refractivity contribution is -0.0254. The molecule has 0 aliphatic heterocycles. The van der Waals surface area contributed by atoms with Crippen molar-refractivity contribution in [1.82, 2.24) is 0 Å². The first-order valence-corrected chi connectivity index (χ1v) is 6.43. The monoisotopic (exact) mass is 213 g/mol. The van der Waals surface area contributed by atoms with Gasteiger partial charge in [0.1, 0.15) is 0 Å². The molecule has 15 heavy (non-hydrogen) atoms. The van der Waals surface area contributed by atoms with Crippen LogP contribution in [0.15, 0.2) is 0 Å². The van der Waals surface area contributed by atoms with Crippen LogP contribution in [-0.4, -0.2) is 18.8 Å². The van der Waals surface area contributed by atoms with E-state index >= 15 is 0 Å². The fourth-order valence-electron chi connectivity index (χ4n) is 2.59. The Labute approximate surface area is 94.6 Å². The van der Waals surface area contributed by atoms with Gasteiger partial charge in [-0.2, -0.15) is 0 Å². The molecule has 1 fully saturated rings. The zero-order valence-electron chi connectivity index (χ0n) is 10.6. The standard InChI is InChI=1S/C13H27NO/c1-4-13(2,15-3)12(14)10-11-8-6-5-7-9-11/h11-12H,4-10,14H2,1-3H3. The SMILES string of the molecule is CCC(C)(OC)C(N)CC1CCCCC1. The third kappa shape index (κ3) is 3.46. The molecule has 1 aliphatic rings. The Morgan fingerprint density at radius 3 is 2.40 bits per heavy atom. The van der Waals surface area contributed by atoms with Crippen LogP contribution >= 0.6 is 0 Å². The Morgan fingerprint density at radius 2 is 1.93 bits per heavy atom. The van der Waals surface area contributed by atoms with E-state index in [9.17, 15) is 0 Å². The van der Waals surface area contributed by atoms with Gasteiger partial charge >= 0.3 is 0 Å². The Hall–Kier alpha value is -0.0800. The van der Waals surface area contributed by atoms with Crippen molar-refractivity contribution in [2.45, 2.75) is 70.4 Å². The number of hydrogen-bond acceptors (Lipinski definition) is 2. The first-order valence-electron chi connectivity index (χ1n) is 6.43. The molecule has 0 spiro atoms. The van der Waals surface area contributed by atoms with Crippen molar-refractivity contribution in [3.8, 4) is 0 Å². The summed E-state index contributed by atoms with van der Waals surface area (Å²) in [6, 6.07) is 0.190. The summed E-state index contributed by atoms with van der Waals surface area (Å²) >= 11 is 0. The minimum absolute atomic E-state index is 0.128. The minimum atomic E-state index is -0.128. The van der Waals surface area contributed by atoms with Gasteiger partial charge in [-0.15, -0.1) is 0 Å². The van der Waals surface area contributed by atoms with E-state index in [1.807, 2.05) is 0 Å². The van der Waals surface area contributed by atoms with Gasteiger partial charge in [-0.25, -0.2) is 0 Å². The average Bonchev–Trinajstić information content (AvgIpc) is 2.29. The van der Waals surface area contributed by atoms with Crippen LogP contribution < -0.4 is 5.73 Å². The second-order valence-corrected chi connectivity index (χ2v) is 5.22. The van der Waals surface area contributed by atoms with E-state index in [2.05, 4.69) is 13.8 Å². The number of rotatable bonds is 5. The zero-order valence-corrected chi connectivity index (χ0v) is 10.6. The quantitative estimate of drug-likeness (QED) is 0.761. The van der Waals surface area contributed by atoms with Crippen LogP contribution in [0, 0.1) is 5.92 Å². The largest absolute Gasteiger partial charge is 0.377 e. The fourth-order valence-corrected chi connectivity index (χ4v) is 2.59. The number of nitrogens with two attached hydrogens (primary N) is 1. The van der Waals surface area contributed by atoms with E-state index in [1.165, 1.54) is 32.1 Å². The summed E-state index contributed by atoms with van der Waals surface area (Å²) < 4.78 is 5.57. The predicted molar refractivity (Wildman–Crippen MR) is 64.9 cm³/mol. The molecule has 0 aromatic carbocycles. The van der Waals surface area contributed by atoms with E-state index in [0.717, 1.165) is 18.8 Å². The summed E-state index contributed by atoms with van der Waals surface area (Å²) in [5.41, 5.74) is 6.15. The van der Waals surface area contributed by atoms with Crippen LogP contribution in [0.3, 0.4) is 0 Å². The van der Waals surface area contributed by atoms with Crippen molar-refractivity contribution in [3.63, 3.8) is 0 Å². The second-order valence-electron chi connectivity index (χ2n) is 5.22. The highest BCUT2D eigenvalue weighted by atomic mass is 16.5. The second kappa shape index (κ2) is 5.86. The fraction of sp³-hybridized carbons (Fsp3) is 1.00. The zero-order chi connectivity index (χ0) is 11.3. The van der Waals surface area contributed by atoms with Crippen molar-refractivity contribution in [3.05, 3.63) is 0 Å². The van der Waals surface area contributed by atoms with Crippen LogP contribution in [0.5, 0.6) is 0 Å². The summed E-state index contributed by atoms with van der Waals surface area (Å²) in [5.74, 6) is 0.842. The van der Waals surface area contributed by atoms with Crippen molar-refractivity contribution in [1.29, 1.82) is 0 Å². The lowest BCUT2D eigenvalue weighted by Crippen LogP contribution is -2.47. The molecule has 2 atom stereocenters. The predicted octanol–water partition coefficient (Wildman–Crippen LogP) is 3.10. The van der Waals surface area contributed by atoms with Gasteiger partial charge in [0.15, 0.2) is 0 Å². The van der Waals surface area contributed by atoms with Gasteiger partial charge in [-0.3, -0.25) is 0 Å². The molecule has 2 unspecified atom stereocenters. The molecule has 2 N–H and O–H groups in total. The third-order valence-electron chi connectivity index (χ3n) is 4.26. The molecule has 0 saturated heterocycles. The number of hydrogen-bond donors (Lipinski definition) is 1. The van der Waals surface area contributed by atoms with E-state index in [1.54, 1.807) is 7.11 Å². The molecule has 0 radical (unpaired) electrons. The van der Waals surface area contributed by atoms with E-state index in [0.29, 0.717) is 0 Å². The van der Waals surface area contributed by atoms with Crippen LogP contribution in [0.25, 0.3) is 0 Å². The topological polar surface area (TPSA) is 35.2 Å². The van der Waals surface area contributed by atoms with E-state index in [-0.39, 0.29) is 11.6 Å². The minimum Gasteiger partial charge on any atom is -0.377 e.